The Hall–Kier alpha value is -2.56. The van der Waals surface area contributed by atoms with Gasteiger partial charge in [0.05, 0.1) is 21.4 Å². The first kappa shape index (κ1) is 23.1. The molecule has 0 aliphatic carbocycles. The number of nitrogens with zero attached hydrogens (tertiary/aromatic N) is 3. The van der Waals surface area contributed by atoms with Crippen molar-refractivity contribution in [2.45, 2.75) is 56.1 Å². The van der Waals surface area contributed by atoms with Gasteiger partial charge in [-0.15, -0.1) is 0 Å². The van der Waals surface area contributed by atoms with Crippen LogP contribution in [0, 0.1) is 12.8 Å². The largest absolute Gasteiger partial charge is 0.480 e. The molecule has 3 rings (SSSR count). The number of anilines is 1. The van der Waals surface area contributed by atoms with Crippen molar-refractivity contribution < 1.29 is 31.5 Å². The zero-order valence-corrected chi connectivity index (χ0v) is 18.1. The van der Waals surface area contributed by atoms with Gasteiger partial charge in [-0.3, -0.25) is 0 Å². The fourth-order valence-electron chi connectivity index (χ4n) is 3.88. The Bertz CT molecular complexity index is 1080. The molecule has 11 heteroatoms. The van der Waals surface area contributed by atoms with Crippen LogP contribution < -0.4 is 4.90 Å². The van der Waals surface area contributed by atoms with Gasteiger partial charge in [-0.05, 0) is 31.4 Å². The number of hydrogen-bond acceptors (Lipinski definition) is 5. The highest BCUT2D eigenvalue weighted by atomic mass is 32.2. The van der Waals surface area contributed by atoms with Gasteiger partial charge >= 0.3 is 12.1 Å². The summed E-state index contributed by atoms with van der Waals surface area (Å²) in [4.78, 5) is 12.5. The van der Waals surface area contributed by atoms with Crippen LogP contribution in [0.25, 0.3) is 0 Å². The molecule has 7 nitrogen and oxygen atoms in total. The smallest absolute Gasteiger partial charge is 0.417 e. The molecule has 1 aliphatic heterocycles. The van der Waals surface area contributed by atoms with Crippen LogP contribution in [-0.2, 0) is 27.4 Å². The normalized spacial score (nSPS) is 19.9. The maximum absolute atomic E-state index is 13.4. The Morgan fingerprint density at radius 3 is 2.52 bits per heavy atom. The first-order chi connectivity index (χ1) is 14.3. The van der Waals surface area contributed by atoms with E-state index in [9.17, 15) is 31.5 Å². The fourth-order valence-corrected chi connectivity index (χ4v) is 5.79. The standard InChI is InChI=1S/C20H24F3N3O4S/c1-12(2)10-26-18(8-13(3)24-26)25-11-14(9-16(25)19(27)28)31(29,30)17-7-5-4-6-15(17)20(21,22)23/h4-8,12,14,16H,9-11H2,1-3H3,(H,27,28)/t14-,16+/m1/s1. The van der Waals surface area contributed by atoms with E-state index in [2.05, 4.69) is 5.10 Å². The second-order valence-corrected chi connectivity index (χ2v) is 10.3. The predicted molar refractivity (Wildman–Crippen MR) is 108 cm³/mol. The Balaban J connectivity index is 2.03. The molecule has 2 aromatic rings. The van der Waals surface area contributed by atoms with E-state index in [1.54, 1.807) is 17.7 Å². The van der Waals surface area contributed by atoms with E-state index in [1.807, 2.05) is 13.8 Å². The monoisotopic (exact) mass is 459 g/mol. The van der Waals surface area contributed by atoms with Gasteiger partial charge in [-0.2, -0.15) is 18.3 Å². The van der Waals surface area contributed by atoms with Gasteiger partial charge in [-0.25, -0.2) is 17.9 Å². The first-order valence-corrected chi connectivity index (χ1v) is 11.3. The van der Waals surface area contributed by atoms with Crippen LogP contribution in [0.3, 0.4) is 0 Å². The molecule has 170 valence electrons. The number of carbonyl (C=O) groups is 1. The van der Waals surface area contributed by atoms with Crippen molar-refractivity contribution in [1.29, 1.82) is 0 Å². The lowest BCUT2D eigenvalue weighted by Gasteiger charge is -2.24. The molecular formula is C20H24F3N3O4S. The van der Waals surface area contributed by atoms with Gasteiger partial charge in [0, 0.05) is 19.2 Å². The van der Waals surface area contributed by atoms with E-state index in [4.69, 9.17) is 0 Å². The number of sulfone groups is 1. The van der Waals surface area contributed by atoms with E-state index >= 15 is 0 Å². The van der Waals surface area contributed by atoms with Crippen LogP contribution in [0.1, 0.15) is 31.5 Å². The fraction of sp³-hybridized carbons (Fsp3) is 0.500. The highest BCUT2D eigenvalue weighted by Gasteiger charge is 2.47. The van der Waals surface area contributed by atoms with E-state index in [0.717, 1.165) is 18.2 Å². The van der Waals surface area contributed by atoms with Gasteiger partial charge < -0.3 is 10.0 Å². The summed E-state index contributed by atoms with van der Waals surface area (Å²) in [5.74, 6) is -0.598. The number of carboxylic acids is 1. The Morgan fingerprint density at radius 2 is 1.94 bits per heavy atom. The number of aromatic nitrogens is 2. The molecule has 0 radical (unpaired) electrons. The molecule has 1 aromatic heterocycles. The summed E-state index contributed by atoms with van der Waals surface area (Å²) >= 11 is 0. The van der Waals surface area contributed by atoms with Gasteiger partial charge in [-0.1, -0.05) is 26.0 Å². The number of aliphatic carboxylic acids is 1. The maximum atomic E-state index is 13.4. The minimum absolute atomic E-state index is 0.196. The lowest BCUT2D eigenvalue weighted by molar-refractivity contribution is -0.140. The summed E-state index contributed by atoms with van der Waals surface area (Å²) in [6.07, 6.45) is -5.17. The van der Waals surface area contributed by atoms with Crippen LogP contribution in [0.15, 0.2) is 35.2 Å². The van der Waals surface area contributed by atoms with Crippen molar-refractivity contribution in [2.75, 3.05) is 11.4 Å². The number of rotatable bonds is 6. The molecule has 0 amide bonds. The number of hydrogen-bond donors (Lipinski definition) is 1. The Morgan fingerprint density at radius 1 is 1.29 bits per heavy atom. The SMILES string of the molecule is Cc1cc(N2C[C@H](S(=O)(=O)c3ccccc3C(F)(F)F)C[C@H]2C(=O)O)n(CC(C)C)n1. The van der Waals surface area contributed by atoms with Crippen molar-refractivity contribution in [3.63, 3.8) is 0 Å². The van der Waals surface area contributed by atoms with Crippen molar-refractivity contribution in [3.05, 3.63) is 41.6 Å². The van der Waals surface area contributed by atoms with Crippen LogP contribution in [0.4, 0.5) is 19.0 Å². The molecule has 0 saturated carbocycles. The number of halogens is 3. The summed E-state index contributed by atoms with van der Waals surface area (Å²) in [6.45, 7) is 5.90. The zero-order chi connectivity index (χ0) is 23.1. The van der Waals surface area contributed by atoms with Gasteiger partial charge in [0.2, 0.25) is 0 Å². The van der Waals surface area contributed by atoms with E-state index in [0.29, 0.717) is 18.1 Å². The minimum atomic E-state index is -4.85. The molecule has 0 unspecified atom stereocenters. The third-order valence-electron chi connectivity index (χ3n) is 5.20. The van der Waals surface area contributed by atoms with Crippen LogP contribution >= 0.6 is 0 Å². The summed E-state index contributed by atoms with van der Waals surface area (Å²) < 4.78 is 68.2. The number of aryl methyl sites for hydroxylation is 1. The third kappa shape index (κ3) is 4.56. The average molecular weight is 459 g/mol. The molecule has 0 spiro atoms. The summed E-state index contributed by atoms with van der Waals surface area (Å²) in [5, 5.41) is 12.8. The molecule has 2 atom stereocenters. The van der Waals surface area contributed by atoms with E-state index < -0.39 is 43.7 Å². The van der Waals surface area contributed by atoms with Gasteiger partial charge in [0.15, 0.2) is 9.84 Å². The lowest BCUT2D eigenvalue weighted by atomic mass is 10.2. The van der Waals surface area contributed by atoms with Crippen molar-refractivity contribution in [3.8, 4) is 0 Å². The molecular weight excluding hydrogens is 435 g/mol. The Kier molecular flexibility index (Phi) is 6.09. The summed E-state index contributed by atoms with van der Waals surface area (Å²) in [5.41, 5.74) is -0.616. The number of carboxylic acid groups (broad SMARTS) is 1. The third-order valence-corrected chi connectivity index (χ3v) is 7.39. The topological polar surface area (TPSA) is 92.5 Å². The maximum Gasteiger partial charge on any atom is 0.417 e. The molecule has 1 saturated heterocycles. The highest BCUT2D eigenvalue weighted by molar-refractivity contribution is 7.92. The molecule has 0 bridgehead atoms. The number of alkyl halides is 3. The molecule has 2 heterocycles. The molecule has 31 heavy (non-hydrogen) atoms. The summed E-state index contributed by atoms with van der Waals surface area (Å²) in [6, 6.07) is 4.45. The van der Waals surface area contributed by atoms with Crippen LogP contribution in [0.5, 0.6) is 0 Å². The van der Waals surface area contributed by atoms with Gasteiger partial charge in [0.1, 0.15) is 11.9 Å². The molecule has 1 aliphatic rings. The van der Waals surface area contributed by atoms with Crippen molar-refractivity contribution >= 4 is 21.6 Å². The lowest BCUT2D eigenvalue weighted by Crippen LogP contribution is -2.37. The summed E-state index contributed by atoms with van der Waals surface area (Å²) in [7, 11) is -4.44. The highest BCUT2D eigenvalue weighted by Crippen LogP contribution is 2.38. The van der Waals surface area contributed by atoms with Crippen molar-refractivity contribution in [2.24, 2.45) is 5.92 Å². The molecule has 1 N–H and O–H groups in total. The second kappa shape index (κ2) is 8.18. The molecule has 1 fully saturated rings. The van der Waals surface area contributed by atoms with E-state index in [1.165, 1.54) is 11.0 Å². The van der Waals surface area contributed by atoms with Gasteiger partial charge in [0.25, 0.3) is 0 Å². The predicted octanol–water partition coefficient (Wildman–Crippen LogP) is 3.37. The van der Waals surface area contributed by atoms with E-state index in [-0.39, 0.29) is 18.9 Å². The minimum Gasteiger partial charge on any atom is -0.480 e. The second-order valence-electron chi connectivity index (χ2n) is 8.12. The Labute approximate surface area is 178 Å². The number of benzene rings is 1. The first-order valence-electron chi connectivity index (χ1n) is 9.76. The average Bonchev–Trinajstić information content (AvgIpc) is 3.24. The quantitative estimate of drug-likeness (QED) is 0.712. The van der Waals surface area contributed by atoms with Crippen LogP contribution in [-0.4, -0.2) is 47.1 Å². The van der Waals surface area contributed by atoms with Crippen molar-refractivity contribution in [1.82, 2.24) is 9.78 Å². The van der Waals surface area contributed by atoms with Crippen LogP contribution in [0.2, 0.25) is 0 Å². The zero-order valence-electron chi connectivity index (χ0n) is 17.3. The molecule has 1 aromatic carbocycles.